The van der Waals surface area contributed by atoms with Crippen molar-refractivity contribution in [2.75, 3.05) is 23.4 Å². The van der Waals surface area contributed by atoms with Crippen LogP contribution < -0.4 is 15.0 Å². The van der Waals surface area contributed by atoms with E-state index in [0.29, 0.717) is 17.1 Å². The van der Waals surface area contributed by atoms with E-state index >= 15 is 0 Å². The summed E-state index contributed by atoms with van der Waals surface area (Å²) in [7, 11) is 0. The lowest BCUT2D eigenvalue weighted by atomic mass is 10.2. The molecule has 1 N–H and O–H groups in total. The van der Waals surface area contributed by atoms with Crippen LogP contribution in [-0.2, 0) is 9.59 Å². The summed E-state index contributed by atoms with van der Waals surface area (Å²) < 4.78 is 5.52. The Labute approximate surface area is 143 Å². The van der Waals surface area contributed by atoms with Crippen molar-refractivity contribution in [3.63, 3.8) is 0 Å². The molecule has 1 aliphatic rings. The Morgan fingerprint density at radius 1 is 1.24 bits per heavy atom. The highest BCUT2D eigenvalue weighted by Gasteiger charge is 2.25. The molecule has 2 amide bonds. The monoisotopic (exact) mass is 341 g/mol. The molecule has 1 aliphatic heterocycles. The third-order valence-corrected chi connectivity index (χ3v) is 3.67. The average Bonchev–Trinajstić information content (AvgIpc) is 2.75. The van der Waals surface area contributed by atoms with Crippen LogP contribution in [0.3, 0.4) is 0 Å². The van der Waals surface area contributed by atoms with Crippen LogP contribution in [0.15, 0.2) is 48.5 Å². The average molecular weight is 341 g/mol. The highest BCUT2D eigenvalue weighted by atomic mass is 16.6. The van der Waals surface area contributed by atoms with Gasteiger partial charge in [-0.2, -0.15) is 0 Å². The molecule has 2 aromatic carbocycles. The van der Waals surface area contributed by atoms with Gasteiger partial charge in [0, 0.05) is 17.8 Å². The molecular weight excluding hydrogens is 326 g/mol. The Balaban J connectivity index is 1.77. The topological polar surface area (TPSA) is 102 Å². The molecule has 0 bridgehead atoms. The number of fused-ring (bicyclic) bond motifs is 1. The largest absolute Gasteiger partial charge is 0.491 e. The summed E-state index contributed by atoms with van der Waals surface area (Å²) in [6.45, 7) is 0.0424. The number of nitro groups is 1. The van der Waals surface area contributed by atoms with Gasteiger partial charge in [0.2, 0.25) is 11.8 Å². The van der Waals surface area contributed by atoms with E-state index in [4.69, 9.17) is 4.74 Å². The number of ether oxygens (including phenoxy) is 1. The van der Waals surface area contributed by atoms with Crippen LogP contribution in [0.25, 0.3) is 0 Å². The van der Waals surface area contributed by atoms with Gasteiger partial charge in [-0.25, -0.2) is 0 Å². The molecule has 0 aliphatic carbocycles. The highest BCUT2D eigenvalue weighted by Crippen LogP contribution is 2.30. The molecule has 2 aromatic rings. The number of anilines is 2. The fourth-order valence-corrected chi connectivity index (χ4v) is 2.53. The summed E-state index contributed by atoms with van der Waals surface area (Å²) in [5.74, 6) is -0.138. The summed E-state index contributed by atoms with van der Waals surface area (Å²) in [5.41, 5.74) is 0.701. The van der Waals surface area contributed by atoms with E-state index in [-0.39, 0.29) is 31.2 Å². The number of non-ortho nitro benzene ring substituents is 1. The van der Waals surface area contributed by atoms with Crippen molar-refractivity contribution in [1.29, 1.82) is 0 Å². The third kappa shape index (κ3) is 3.74. The van der Waals surface area contributed by atoms with Gasteiger partial charge < -0.3 is 10.1 Å². The number of nitro benzene ring substituents is 1. The van der Waals surface area contributed by atoms with E-state index in [9.17, 15) is 19.7 Å². The highest BCUT2D eigenvalue weighted by molar-refractivity contribution is 6.03. The lowest BCUT2D eigenvalue weighted by molar-refractivity contribution is -0.384. The first kappa shape index (κ1) is 16.4. The van der Waals surface area contributed by atoms with Crippen LogP contribution in [0.2, 0.25) is 0 Å². The van der Waals surface area contributed by atoms with Gasteiger partial charge in [0.1, 0.15) is 12.3 Å². The van der Waals surface area contributed by atoms with E-state index in [1.165, 1.54) is 23.1 Å². The van der Waals surface area contributed by atoms with Crippen LogP contribution in [-0.4, -0.2) is 29.9 Å². The van der Waals surface area contributed by atoms with Gasteiger partial charge in [-0.1, -0.05) is 18.2 Å². The molecule has 0 radical (unpaired) electrons. The molecule has 3 rings (SSSR count). The Hall–Kier alpha value is -3.42. The van der Waals surface area contributed by atoms with Gasteiger partial charge in [-0.3, -0.25) is 24.6 Å². The molecule has 0 saturated heterocycles. The van der Waals surface area contributed by atoms with Crippen molar-refractivity contribution in [1.82, 2.24) is 0 Å². The molecule has 128 valence electrons. The summed E-state index contributed by atoms with van der Waals surface area (Å²) in [6.07, 6.45) is 0.165. The predicted octanol–water partition coefficient (Wildman–Crippen LogP) is 2.35. The van der Waals surface area contributed by atoms with E-state index < -0.39 is 10.8 Å². The Morgan fingerprint density at radius 2 is 2.04 bits per heavy atom. The zero-order valence-electron chi connectivity index (χ0n) is 13.2. The van der Waals surface area contributed by atoms with Crippen molar-refractivity contribution >= 4 is 28.9 Å². The van der Waals surface area contributed by atoms with E-state index in [0.717, 1.165) is 0 Å². The number of para-hydroxylation sites is 2. The molecule has 1 heterocycles. The van der Waals surface area contributed by atoms with Crippen molar-refractivity contribution in [2.45, 2.75) is 6.42 Å². The number of nitrogens with one attached hydrogen (secondary N) is 1. The lowest BCUT2D eigenvalue weighted by Gasteiger charge is -2.21. The van der Waals surface area contributed by atoms with E-state index in [1.807, 2.05) is 0 Å². The molecular formula is C17H15N3O5. The van der Waals surface area contributed by atoms with Crippen molar-refractivity contribution in [3.8, 4) is 5.75 Å². The van der Waals surface area contributed by atoms with Crippen LogP contribution in [0.5, 0.6) is 5.75 Å². The Kier molecular flexibility index (Phi) is 4.60. The van der Waals surface area contributed by atoms with Gasteiger partial charge >= 0.3 is 0 Å². The predicted molar refractivity (Wildman–Crippen MR) is 90.6 cm³/mol. The van der Waals surface area contributed by atoms with Gasteiger partial charge in [0.25, 0.3) is 5.69 Å². The molecule has 0 saturated carbocycles. The minimum atomic E-state index is -0.540. The summed E-state index contributed by atoms with van der Waals surface area (Å²) in [6, 6.07) is 12.6. The van der Waals surface area contributed by atoms with E-state index in [2.05, 4.69) is 5.32 Å². The van der Waals surface area contributed by atoms with Crippen LogP contribution >= 0.6 is 0 Å². The van der Waals surface area contributed by atoms with Gasteiger partial charge in [-0.05, 0) is 18.2 Å². The first-order valence-corrected chi connectivity index (χ1v) is 7.61. The van der Waals surface area contributed by atoms with Crippen molar-refractivity contribution in [2.24, 2.45) is 0 Å². The molecule has 25 heavy (non-hydrogen) atoms. The maximum absolute atomic E-state index is 12.3. The van der Waals surface area contributed by atoms with Crippen LogP contribution in [0.1, 0.15) is 6.42 Å². The lowest BCUT2D eigenvalue weighted by Crippen LogP contribution is -2.37. The fraction of sp³-hybridized carbons (Fsp3) is 0.176. The number of hydrogen-bond acceptors (Lipinski definition) is 5. The maximum Gasteiger partial charge on any atom is 0.271 e. The molecule has 8 heteroatoms. The number of rotatable bonds is 4. The zero-order chi connectivity index (χ0) is 17.8. The second-order valence-corrected chi connectivity index (χ2v) is 5.40. The fourth-order valence-electron chi connectivity index (χ4n) is 2.53. The summed E-state index contributed by atoms with van der Waals surface area (Å²) >= 11 is 0. The number of carbonyl (C=O) groups is 2. The second-order valence-electron chi connectivity index (χ2n) is 5.40. The Bertz CT molecular complexity index is 837. The maximum atomic E-state index is 12.3. The second kappa shape index (κ2) is 7.00. The minimum Gasteiger partial charge on any atom is -0.491 e. The molecule has 0 spiro atoms. The number of carbonyl (C=O) groups excluding carboxylic acids is 2. The minimum absolute atomic E-state index is 0.123. The van der Waals surface area contributed by atoms with Crippen molar-refractivity contribution < 1.29 is 19.2 Å². The number of hydrogen-bond donors (Lipinski definition) is 1. The number of benzene rings is 2. The molecule has 0 unspecified atom stereocenters. The number of amides is 2. The smallest absolute Gasteiger partial charge is 0.271 e. The zero-order valence-corrected chi connectivity index (χ0v) is 13.2. The first-order valence-electron chi connectivity index (χ1n) is 7.61. The molecule has 0 fully saturated rings. The van der Waals surface area contributed by atoms with Crippen LogP contribution in [0, 0.1) is 10.1 Å². The standard InChI is InChI=1S/C17H15N3O5/c21-16(18-12-4-3-5-13(10-12)20(23)24)11-19-14-6-1-2-7-15(14)25-9-8-17(19)22/h1-7,10H,8-9,11H2,(H,18,21). The van der Waals surface area contributed by atoms with E-state index in [1.54, 1.807) is 30.3 Å². The first-order chi connectivity index (χ1) is 12.0. The van der Waals surface area contributed by atoms with Gasteiger partial charge in [-0.15, -0.1) is 0 Å². The SMILES string of the molecule is O=C(CN1C(=O)CCOc2ccccc21)Nc1cccc([N+](=O)[O-])c1. The molecule has 8 nitrogen and oxygen atoms in total. The third-order valence-electron chi connectivity index (χ3n) is 3.67. The molecule has 0 atom stereocenters. The summed E-state index contributed by atoms with van der Waals surface area (Å²) in [5, 5.41) is 13.4. The normalized spacial score (nSPS) is 13.4. The Morgan fingerprint density at radius 3 is 2.84 bits per heavy atom. The van der Waals surface area contributed by atoms with Gasteiger partial charge in [0.15, 0.2) is 0 Å². The molecule has 0 aromatic heterocycles. The summed E-state index contributed by atoms with van der Waals surface area (Å²) in [4.78, 5) is 36.2. The van der Waals surface area contributed by atoms with Crippen LogP contribution in [0.4, 0.5) is 17.1 Å². The number of nitrogens with zero attached hydrogens (tertiary/aromatic N) is 2. The van der Waals surface area contributed by atoms with Gasteiger partial charge in [0.05, 0.1) is 23.6 Å². The quantitative estimate of drug-likeness (QED) is 0.679. The van der Waals surface area contributed by atoms with Crippen molar-refractivity contribution in [3.05, 3.63) is 58.6 Å².